The van der Waals surface area contributed by atoms with Gasteiger partial charge in [-0.25, -0.2) is 19.7 Å². The largest absolute Gasteiger partial charge is 0.475 e. The number of carbonyl (C=O) groups is 1. The van der Waals surface area contributed by atoms with Crippen molar-refractivity contribution in [1.29, 1.82) is 0 Å². The highest BCUT2D eigenvalue weighted by atomic mass is 19.4. The summed E-state index contributed by atoms with van der Waals surface area (Å²) in [5.41, 5.74) is 0.387. The Bertz CT molecular complexity index is 1320. The van der Waals surface area contributed by atoms with Crippen LogP contribution < -0.4 is 19.9 Å². The van der Waals surface area contributed by atoms with Crippen LogP contribution in [0.3, 0.4) is 0 Å². The van der Waals surface area contributed by atoms with Gasteiger partial charge in [-0.3, -0.25) is 4.90 Å². The number of alkyl halides is 3. The number of hydrogen-bond acceptors (Lipinski definition) is 8. The van der Waals surface area contributed by atoms with Gasteiger partial charge in [-0.2, -0.15) is 13.2 Å². The molecule has 200 valence electrons. The Morgan fingerprint density at radius 1 is 1.24 bits per heavy atom. The fourth-order valence-corrected chi connectivity index (χ4v) is 4.54. The van der Waals surface area contributed by atoms with Gasteiger partial charge in [0.2, 0.25) is 5.88 Å². The Morgan fingerprint density at radius 2 is 2.08 bits per heavy atom. The molecule has 2 aliphatic rings. The first-order chi connectivity index (χ1) is 18.2. The van der Waals surface area contributed by atoms with E-state index in [1.54, 1.807) is 12.3 Å². The SMILES string of the molecule is O=C(Nc1ccnc(OC[C@@H](O)CO)c1)N1c2nc(-c3cccc(C(F)(F)F)c3)ncc2N2CCCC1C2. The van der Waals surface area contributed by atoms with Crippen LogP contribution >= 0.6 is 0 Å². The average Bonchev–Trinajstić information content (AvgIpc) is 2.91. The molecule has 0 spiro atoms. The predicted molar refractivity (Wildman–Crippen MR) is 132 cm³/mol. The predicted octanol–water partition coefficient (Wildman–Crippen LogP) is 3.31. The summed E-state index contributed by atoms with van der Waals surface area (Å²) in [6.45, 7) is 0.702. The van der Waals surface area contributed by atoms with Crippen molar-refractivity contribution in [3.05, 3.63) is 54.4 Å². The zero-order valence-corrected chi connectivity index (χ0v) is 20.1. The van der Waals surface area contributed by atoms with E-state index in [-0.39, 0.29) is 29.9 Å². The van der Waals surface area contributed by atoms with Crippen molar-refractivity contribution in [2.24, 2.45) is 0 Å². The summed E-state index contributed by atoms with van der Waals surface area (Å²) in [6, 6.07) is 7.14. The monoisotopic (exact) mass is 530 g/mol. The molecule has 0 radical (unpaired) electrons. The second-order valence-corrected chi connectivity index (χ2v) is 9.05. The zero-order chi connectivity index (χ0) is 26.9. The van der Waals surface area contributed by atoms with Gasteiger partial charge < -0.3 is 25.2 Å². The van der Waals surface area contributed by atoms with Crippen LogP contribution in [-0.4, -0.2) is 69.6 Å². The first kappa shape index (κ1) is 25.7. The van der Waals surface area contributed by atoms with Crippen molar-refractivity contribution < 1.29 is 32.9 Å². The number of aliphatic hydroxyl groups excluding tert-OH is 2. The molecule has 2 aliphatic heterocycles. The van der Waals surface area contributed by atoms with Crippen molar-refractivity contribution >= 4 is 23.2 Å². The van der Waals surface area contributed by atoms with E-state index in [1.165, 1.54) is 29.3 Å². The van der Waals surface area contributed by atoms with E-state index >= 15 is 0 Å². The van der Waals surface area contributed by atoms with Gasteiger partial charge in [0.15, 0.2) is 11.6 Å². The fraction of sp³-hybridized carbons (Fsp3) is 0.360. The Hall–Kier alpha value is -3.97. The number of benzene rings is 1. The number of nitrogens with zero attached hydrogens (tertiary/aromatic N) is 5. The molecule has 5 rings (SSSR count). The number of nitrogens with one attached hydrogen (secondary N) is 1. The summed E-state index contributed by atoms with van der Waals surface area (Å²) in [6.07, 6.45) is -1.02. The van der Waals surface area contributed by atoms with Gasteiger partial charge >= 0.3 is 12.2 Å². The van der Waals surface area contributed by atoms with Gasteiger partial charge in [0.1, 0.15) is 12.7 Å². The van der Waals surface area contributed by atoms with E-state index in [4.69, 9.17) is 9.84 Å². The van der Waals surface area contributed by atoms with Crippen LogP contribution in [-0.2, 0) is 6.18 Å². The minimum absolute atomic E-state index is 0.0795. The lowest BCUT2D eigenvalue weighted by molar-refractivity contribution is -0.137. The van der Waals surface area contributed by atoms with Crippen LogP contribution in [0.4, 0.5) is 35.2 Å². The number of aromatic nitrogens is 3. The molecule has 4 heterocycles. The number of halogens is 3. The number of piperidine rings is 1. The first-order valence-electron chi connectivity index (χ1n) is 12.0. The van der Waals surface area contributed by atoms with Gasteiger partial charge in [0, 0.05) is 36.6 Å². The molecule has 2 amide bonds. The zero-order valence-electron chi connectivity index (χ0n) is 20.1. The number of anilines is 3. The van der Waals surface area contributed by atoms with Gasteiger partial charge in [0.05, 0.1) is 30.1 Å². The van der Waals surface area contributed by atoms with E-state index in [2.05, 4.69) is 25.2 Å². The summed E-state index contributed by atoms with van der Waals surface area (Å²) >= 11 is 0. The molecule has 1 unspecified atom stereocenters. The molecule has 0 saturated carbocycles. The standard InChI is InChI=1S/C25H25F3N6O4/c26-25(27,28)16-4-1-3-15(9-16)22-30-11-20-23(32-22)34(18-5-2-8-33(20)12-18)24(37)31-17-6-7-29-21(10-17)38-14-19(36)13-35/h1,3-4,6-7,9-11,18-19,35-36H,2,5,8,12-14H2,(H,29,31,37)/t18?,19-/m0/s1. The Kier molecular flexibility index (Phi) is 7.04. The molecule has 13 heteroatoms. The number of fused-ring (bicyclic) bond motifs is 4. The molecule has 2 bridgehead atoms. The number of urea groups is 1. The van der Waals surface area contributed by atoms with Crippen LogP contribution in [0.5, 0.6) is 5.88 Å². The molecule has 2 atom stereocenters. The number of rotatable bonds is 6. The molecule has 3 N–H and O–H groups in total. The molecule has 2 aromatic heterocycles. The summed E-state index contributed by atoms with van der Waals surface area (Å²) in [5.74, 6) is 0.542. The maximum absolute atomic E-state index is 13.5. The fourth-order valence-electron chi connectivity index (χ4n) is 4.54. The van der Waals surface area contributed by atoms with Gasteiger partial charge in [-0.1, -0.05) is 12.1 Å². The normalized spacial score (nSPS) is 17.6. The molecule has 1 saturated heterocycles. The van der Waals surface area contributed by atoms with Crippen LogP contribution in [0.2, 0.25) is 0 Å². The Labute approximate surface area is 215 Å². The highest BCUT2D eigenvalue weighted by Gasteiger charge is 2.39. The van der Waals surface area contributed by atoms with Crippen LogP contribution in [0.1, 0.15) is 18.4 Å². The second-order valence-electron chi connectivity index (χ2n) is 9.05. The van der Waals surface area contributed by atoms with E-state index in [9.17, 15) is 23.1 Å². The Morgan fingerprint density at radius 3 is 2.87 bits per heavy atom. The summed E-state index contributed by atoms with van der Waals surface area (Å²) in [7, 11) is 0. The first-order valence-corrected chi connectivity index (χ1v) is 12.0. The summed E-state index contributed by atoms with van der Waals surface area (Å²) < 4.78 is 45.2. The third-order valence-corrected chi connectivity index (χ3v) is 6.37. The second kappa shape index (κ2) is 10.4. The quantitative estimate of drug-likeness (QED) is 0.444. The van der Waals surface area contributed by atoms with Gasteiger partial charge in [0.25, 0.3) is 0 Å². The average molecular weight is 531 g/mol. The molecule has 3 aromatic rings. The molecule has 1 aromatic carbocycles. The van der Waals surface area contributed by atoms with Crippen molar-refractivity contribution in [1.82, 2.24) is 15.0 Å². The highest BCUT2D eigenvalue weighted by Crippen LogP contribution is 2.39. The summed E-state index contributed by atoms with van der Waals surface area (Å²) in [4.78, 5) is 30.1. The number of ether oxygens (including phenoxy) is 1. The van der Waals surface area contributed by atoms with E-state index < -0.39 is 30.5 Å². The number of carbonyl (C=O) groups excluding carboxylic acids is 1. The van der Waals surface area contributed by atoms with Crippen LogP contribution in [0.15, 0.2) is 48.8 Å². The lowest BCUT2D eigenvalue weighted by Crippen LogP contribution is -2.56. The third-order valence-electron chi connectivity index (χ3n) is 6.37. The smallest absolute Gasteiger partial charge is 0.416 e. The molecule has 0 aliphatic carbocycles. The van der Waals surface area contributed by atoms with Crippen molar-refractivity contribution in [2.45, 2.75) is 31.2 Å². The summed E-state index contributed by atoms with van der Waals surface area (Å²) in [5, 5.41) is 21.2. The topological polar surface area (TPSA) is 124 Å². The maximum atomic E-state index is 13.5. The van der Waals surface area contributed by atoms with E-state index in [0.29, 0.717) is 23.7 Å². The minimum atomic E-state index is -4.51. The van der Waals surface area contributed by atoms with Gasteiger partial charge in [-0.05, 0) is 31.0 Å². The minimum Gasteiger partial charge on any atom is -0.475 e. The van der Waals surface area contributed by atoms with Crippen molar-refractivity contribution in [3.63, 3.8) is 0 Å². The van der Waals surface area contributed by atoms with Gasteiger partial charge in [-0.15, -0.1) is 0 Å². The number of aliphatic hydroxyl groups is 2. The third kappa shape index (κ3) is 5.34. The van der Waals surface area contributed by atoms with E-state index in [0.717, 1.165) is 31.5 Å². The molecule has 10 nitrogen and oxygen atoms in total. The van der Waals surface area contributed by atoms with E-state index in [1.807, 2.05) is 0 Å². The lowest BCUT2D eigenvalue weighted by Gasteiger charge is -2.45. The maximum Gasteiger partial charge on any atom is 0.416 e. The molecule has 1 fully saturated rings. The van der Waals surface area contributed by atoms with Crippen molar-refractivity contribution in [2.75, 3.05) is 41.4 Å². The lowest BCUT2D eigenvalue weighted by atomic mass is 10.0. The Balaban J connectivity index is 1.44. The number of hydrogen-bond donors (Lipinski definition) is 3. The highest BCUT2D eigenvalue weighted by molar-refractivity contribution is 6.04. The molecule has 38 heavy (non-hydrogen) atoms. The van der Waals surface area contributed by atoms with Crippen LogP contribution in [0.25, 0.3) is 11.4 Å². The van der Waals surface area contributed by atoms with Crippen LogP contribution in [0, 0.1) is 0 Å². The van der Waals surface area contributed by atoms with Crippen molar-refractivity contribution in [3.8, 4) is 17.3 Å². The number of amides is 2. The number of pyridine rings is 1. The molecular weight excluding hydrogens is 505 g/mol. The molecular formula is C25H25F3N6O4.